The zero-order valence-corrected chi connectivity index (χ0v) is 22.2. The summed E-state index contributed by atoms with van der Waals surface area (Å²) in [5.41, 5.74) is 9.99. The second-order valence-corrected chi connectivity index (χ2v) is 9.37. The third-order valence-corrected chi connectivity index (χ3v) is 6.27. The first-order valence-corrected chi connectivity index (χ1v) is 12.5. The SMILES string of the molecule is CCCOC(O)Nc1c(C)cc(CN=C(N)NC(=O)c2c(-c3ccc(OC)cc3)nsc2C)cc1Cl. The second kappa shape index (κ2) is 12.7. The van der Waals surface area contributed by atoms with Crippen molar-refractivity contribution in [1.29, 1.82) is 0 Å². The van der Waals surface area contributed by atoms with E-state index in [0.29, 0.717) is 34.3 Å². The summed E-state index contributed by atoms with van der Waals surface area (Å²) in [5, 5.41) is 15.9. The summed E-state index contributed by atoms with van der Waals surface area (Å²) in [6, 6.07) is 10.9. The Kier molecular flexibility index (Phi) is 9.65. The molecule has 0 aliphatic carbocycles. The molecule has 3 rings (SSSR count). The Morgan fingerprint density at radius 2 is 2.00 bits per heavy atom. The molecule has 0 radical (unpaired) electrons. The fraction of sp³-hybridized carbons (Fsp3) is 0.320. The normalized spacial score (nSPS) is 12.3. The largest absolute Gasteiger partial charge is 0.497 e. The van der Waals surface area contributed by atoms with Gasteiger partial charge in [0.15, 0.2) is 5.96 Å². The zero-order chi connectivity index (χ0) is 26.2. The number of rotatable bonds is 10. The summed E-state index contributed by atoms with van der Waals surface area (Å²) in [7, 11) is 1.59. The van der Waals surface area contributed by atoms with E-state index in [9.17, 15) is 9.90 Å². The first-order valence-electron chi connectivity index (χ1n) is 11.3. The van der Waals surface area contributed by atoms with Gasteiger partial charge < -0.3 is 25.6 Å². The molecule has 36 heavy (non-hydrogen) atoms. The zero-order valence-electron chi connectivity index (χ0n) is 20.6. The van der Waals surface area contributed by atoms with Crippen molar-refractivity contribution in [2.24, 2.45) is 10.7 Å². The third kappa shape index (κ3) is 6.94. The molecule has 1 aromatic heterocycles. The Bertz CT molecular complexity index is 1210. The number of carbonyl (C=O) groups excluding carboxylic acids is 1. The highest BCUT2D eigenvalue weighted by Gasteiger charge is 2.20. The van der Waals surface area contributed by atoms with Gasteiger partial charge in [-0.1, -0.05) is 24.6 Å². The molecule has 1 heterocycles. The predicted octanol–water partition coefficient (Wildman–Crippen LogP) is 4.45. The van der Waals surface area contributed by atoms with Crippen LogP contribution in [0.2, 0.25) is 5.02 Å². The number of halogens is 1. The number of carbonyl (C=O) groups is 1. The smallest absolute Gasteiger partial charge is 0.261 e. The number of aryl methyl sites for hydroxylation is 2. The quantitative estimate of drug-likeness (QED) is 0.173. The Morgan fingerprint density at radius 1 is 1.28 bits per heavy atom. The minimum absolute atomic E-state index is 0.0226. The summed E-state index contributed by atoms with van der Waals surface area (Å²) in [6.07, 6.45) is -0.375. The van der Waals surface area contributed by atoms with Crippen molar-refractivity contribution in [2.45, 2.75) is 40.2 Å². The van der Waals surface area contributed by atoms with Crippen LogP contribution in [0.4, 0.5) is 5.69 Å². The Morgan fingerprint density at radius 3 is 2.64 bits per heavy atom. The van der Waals surface area contributed by atoms with E-state index in [1.807, 2.05) is 51.1 Å². The molecule has 0 aliphatic heterocycles. The molecule has 2 aromatic carbocycles. The van der Waals surface area contributed by atoms with Crippen molar-refractivity contribution < 1.29 is 19.4 Å². The molecular weight excluding hydrogens is 502 g/mol. The van der Waals surface area contributed by atoms with Crippen LogP contribution < -0.4 is 21.1 Å². The van der Waals surface area contributed by atoms with Crippen LogP contribution in [0, 0.1) is 13.8 Å². The predicted molar refractivity (Wildman–Crippen MR) is 144 cm³/mol. The van der Waals surface area contributed by atoms with E-state index in [2.05, 4.69) is 20.0 Å². The molecule has 0 bridgehead atoms. The number of benzene rings is 2. The number of anilines is 1. The van der Waals surface area contributed by atoms with Crippen LogP contribution >= 0.6 is 23.1 Å². The molecule has 3 aromatic rings. The van der Waals surface area contributed by atoms with Crippen LogP contribution in [0.25, 0.3) is 11.3 Å². The maximum atomic E-state index is 13.0. The summed E-state index contributed by atoms with van der Waals surface area (Å²) in [5.74, 6) is 0.307. The molecule has 192 valence electrons. The Balaban J connectivity index is 1.69. The van der Waals surface area contributed by atoms with Gasteiger partial charge in [-0.2, -0.15) is 4.37 Å². The number of aliphatic hydroxyl groups is 1. The summed E-state index contributed by atoms with van der Waals surface area (Å²) >= 11 is 7.64. The van der Waals surface area contributed by atoms with Gasteiger partial charge in [0.25, 0.3) is 5.91 Å². The highest BCUT2D eigenvalue weighted by Crippen LogP contribution is 2.30. The number of ether oxygens (including phenoxy) is 2. The van der Waals surface area contributed by atoms with Crippen molar-refractivity contribution >= 4 is 40.7 Å². The molecule has 1 amide bonds. The lowest BCUT2D eigenvalue weighted by Gasteiger charge is -2.18. The number of hydrogen-bond acceptors (Lipinski definition) is 8. The number of nitrogens with one attached hydrogen (secondary N) is 2. The monoisotopic (exact) mass is 531 g/mol. The van der Waals surface area contributed by atoms with Crippen molar-refractivity contribution in [3.05, 3.63) is 63.0 Å². The number of hydrogen-bond donors (Lipinski definition) is 4. The van der Waals surface area contributed by atoms with Crippen molar-refractivity contribution in [3.63, 3.8) is 0 Å². The van der Waals surface area contributed by atoms with Crippen LogP contribution in [-0.2, 0) is 11.3 Å². The van der Waals surface area contributed by atoms with Crippen LogP contribution in [-0.4, -0.2) is 41.5 Å². The highest BCUT2D eigenvalue weighted by atomic mass is 35.5. The van der Waals surface area contributed by atoms with Gasteiger partial charge in [0.1, 0.15) is 5.75 Å². The van der Waals surface area contributed by atoms with E-state index in [4.69, 9.17) is 26.8 Å². The summed E-state index contributed by atoms with van der Waals surface area (Å²) < 4.78 is 14.9. The summed E-state index contributed by atoms with van der Waals surface area (Å²) in [4.78, 5) is 18.1. The van der Waals surface area contributed by atoms with E-state index in [0.717, 1.165) is 28.0 Å². The minimum Gasteiger partial charge on any atom is -0.497 e. The van der Waals surface area contributed by atoms with Gasteiger partial charge in [-0.25, -0.2) is 4.99 Å². The maximum absolute atomic E-state index is 13.0. The lowest BCUT2D eigenvalue weighted by molar-refractivity contribution is -0.0778. The van der Waals surface area contributed by atoms with Gasteiger partial charge in [0, 0.05) is 10.4 Å². The molecule has 9 nitrogen and oxygen atoms in total. The first-order chi connectivity index (χ1) is 17.2. The molecule has 1 atom stereocenters. The van der Waals surface area contributed by atoms with E-state index in [1.165, 1.54) is 11.5 Å². The molecule has 0 fully saturated rings. The topological polar surface area (TPSA) is 131 Å². The van der Waals surface area contributed by atoms with Crippen LogP contribution in [0.5, 0.6) is 5.75 Å². The highest BCUT2D eigenvalue weighted by molar-refractivity contribution is 7.06. The lowest BCUT2D eigenvalue weighted by Crippen LogP contribution is -2.37. The fourth-order valence-electron chi connectivity index (χ4n) is 3.46. The van der Waals surface area contributed by atoms with Crippen LogP contribution in [0.15, 0.2) is 41.4 Å². The van der Waals surface area contributed by atoms with E-state index >= 15 is 0 Å². The van der Waals surface area contributed by atoms with Gasteiger partial charge >= 0.3 is 0 Å². The molecule has 0 aliphatic rings. The number of aliphatic imine (C=N–C) groups is 1. The third-order valence-electron chi connectivity index (χ3n) is 5.22. The Labute approximate surface area is 219 Å². The van der Waals surface area contributed by atoms with Crippen molar-refractivity contribution in [3.8, 4) is 17.0 Å². The van der Waals surface area contributed by atoms with Gasteiger partial charge in [-0.05, 0) is 73.3 Å². The van der Waals surface area contributed by atoms with Crippen LogP contribution in [0.1, 0.15) is 39.7 Å². The molecule has 0 saturated heterocycles. The molecule has 1 unspecified atom stereocenters. The van der Waals surface area contributed by atoms with Gasteiger partial charge in [-0.3, -0.25) is 10.1 Å². The number of nitrogens with two attached hydrogens (primary N) is 1. The fourth-order valence-corrected chi connectivity index (χ4v) is 4.51. The van der Waals surface area contributed by atoms with Gasteiger partial charge in [0.05, 0.1) is 42.2 Å². The maximum Gasteiger partial charge on any atom is 0.261 e. The van der Waals surface area contributed by atoms with Gasteiger partial charge in [-0.15, -0.1) is 0 Å². The molecule has 5 N–H and O–H groups in total. The number of aliphatic hydroxyl groups excluding tert-OH is 1. The second-order valence-electron chi connectivity index (χ2n) is 7.98. The summed E-state index contributed by atoms with van der Waals surface area (Å²) in [6.45, 7) is 6.26. The molecular formula is C25H30ClN5O4S. The average molecular weight is 532 g/mol. The number of amides is 1. The van der Waals surface area contributed by atoms with Crippen LogP contribution in [0.3, 0.4) is 0 Å². The molecule has 0 spiro atoms. The number of methoxy groups -OCH3 is 1. The van der Waals surface area contributed by atoms with Gasteiger partial charge in [0.2, 0.25) is 6.41 Å². The Hall–Kier alpha value is -3.18. The number of nitrogens with zero attached hydrogens (tertiary/aromatic N) is 2. The van der Waals surface area contributed by atoms with Crippen molar-refractivity contribution in [2.75, 3.05) is 19.0 Å². The first kappa shape index (κ1) is 27.4. The van der Waals surface area contributed by atoms with Crippen molar-refractivity contribution in [1.82, 2.24) is 9.69 Å². The number of guanidine groups is 1. The van der Waals surface area contributed by atoms with E-state index in [-0.39, 0.29) is 18.4 Å². The van der Waals surface area contributed by atoms with E-state index < -0.39 is 6.41 Å². The molecule has 0 saturated carbocycles. The van der Waals surface area contributed by atoms with E-state index in [1.54, 1.807) is 13.2 Å². The standard InChI is InChI=1S/C25H30ClN5O4S/c1-5-10-35-25(33)29-21-14(2)11-16(12-19(21)26)13-28-24(27)30-23(32)20-15(3)36-31-22(20)17-6-8-18(34-4)9-7-17/h6-9,11-12,25,29,33H,5,10,13H2,1-4H3,(H3,27,28,30,32). The minimum atomic E-state index is -1.16. The number of aromatic nitrogens is 1. The molecule has 11 heteroatoms. The average Bonchev–Trinajstić information content (AvgIpc) is 3.25. The lowest BCUT2D eigenvalue weighted by atomic mass is 10.1.